The highest BCUT2D eigenvalue weighted by molar-refractivity contribution is 6.04. The molecule has 5 rings (SSSR count). The van der Waals surface area contributed by atoms with Gasteiger partial charge in [-0.05, 0) is 32.0 Å². The Labute approximate surface area is 202 Å². The minimum Gasteiger partial charge on any atom is -0.486 e. The lowest BCUT2D eigenvalue weighted by Crippen LogP contribution is -2.45. The number of rotatable bonds is 6. The van der Waals surface area contributed by atoms with Crippen LogP contribution in [0.15, 0.2) is 36.7 Å². The second kappa shape index (κ2) is 9.96. The summed E-state index contributed by atoms with van der Waals surface area (Å²) in [6, 6.07) is 7.85. The van der Waals surface area contributed by atoms with Crippen molar-refractivity contribution >= 4 is 11.7 Å². The fraction of sp³-hybridized carbons (Fsp3) is 0.417. The fourth-order valence-electron chi connectivity index (χ4n) is 4.09. The van der Waals surface area contributed by atoms with Gasteiger partial charge >= 0.3 is 0 Å². The molecule has 2 aliphatic rings. The van der Waals surface area contributed by atoms with E-state index in [1.807, 2.05) is 18.4 Å². The van der Waals surface area contributed by atoms with Gasteiger partial charge in [-0.2, -0.15) is 0 Å². The van der Waals surface area contributed by atoms with Crippen molar-refractivity contribution in [3.05, 3.63) is 48.0 Å². The molecule has 1 fully saturated rings. The lowest BCUT2D eigenvalue weighted by Gasteiger charge is -2.33. The number of hydrogen-bond donors (Lipinski definition) is 1. The molecule has 1 atom stereocenters. The van der Waals surface area contributed by atoms with Gasteiger partial charge in [0.05, 0.1) is 18.8 Å². The molecule has 1 unspecified atom stereocenters. The first-order valence-electron chi connectivity index (χ1n) is 11.6. The number of morpholine rings is 1. The van der Waals surface area contributed by atoms with Crippen molar-refractivity contribution in [2.24, 2.45) is 0 Å². The number of aromatic nitrogens is 4. The summed E-state index contributed by atoms with van der Waals surface area (Å²) in [6.45, 7) is 8.02. The summed E-state index contributed by atoms with van der Waals surface area (Å²) in [5.41, 5.74) is 0.388. The second-order valence-corrected chi connectivity index (χ2v) is 8.76. The predicted molar refractivity (Wildman–Crippen MR) is 125 cm³/mol. The normalized spacial score (nSPS) is 18.0. The topological polar surface area (TPSA) is 104 Å². The predicted octanol–water partition coefficient (Wildman–Crippen LogP) is 2.78. The lowest BCUT2D eigenvalue weighted by atomic mass is 10.1. The third-order valence-corrected chi connectivity index (χ3v) is 5.91. The quantitative estimate of drug-likeness (QED) is 0.572. The van der Waals surface area contributed by atoms with E-state index in [1.165, 1.54) is 12.1 Å². The van der Waals surface area contributed by atoms with E-state index in [1.54, 1.807) is 24.5 Å². The van der Waals surface area contributed by atoms with Crippen LogP contribution in [0.1, 0.15) is 30.2 Å². The van der Waals surface area contributed by atoms with E-state index in [0.717, 1.165) is 13.1 Å². The van der Waals surface area contributed by atoms with Crippen LogP contribution in [0.3, 0.4) is 0 Å². The Hall–Kier alpha value is -3.57. The fourth-order valence-corrected chi connectivity index (χ4v) is 4.09. The Morgan fingerprint density at radius 1 is 1.23 bits per heavy atom. The van der Waals surface area contributed by atoms with Crippen LogP contribution in [0.4, 0.5) is 10.2 Å². The maximum atomic E-state index is 14.9. The number of carbonyl (C=O) groups is 1. The van der Waals surface area contributed by atoms with E-state index < -0.39 is 11.7 Å². The van der Waals surface area contributed by atoms with Gasteiger partial charge in [-0.3, -0.25) is 9.69 Å². The molecule has 1 aromatic carbocycles. The summed E-state index contributed by atoms with van der Waals surface area (Å²) in [4.78, 5) is 19.6. The van der Waals surface area contributed by atoms with Crippen molar-refractivity contribution in [2.75, 3.05) is 44.8 Å². The van der Waals surface area contributed by atoms with Crippen molar-refractivity contribution in [3.8, 4) is 23.0 Å². The van der Waals surface area contributed by atoms with Gasteiger partial charge in [-0.25, -0.2) is 9.37 Å². The summed E-state index contributed by atoms with van der Waals surface area (Å²) in [5, 5.41) is 10.7. The number of nitrogens with zero attached hydrogens (tertiary/aromatic N) is 5. The number of pyridine rings is 1. The van der Waals surface area contributed by atoms with E-state index in [-0.39, 0.29) is 29.3 Å². The smallest absolute Gasteiger partial charge is 0.259 e. The highest BCUT2D eigenvalue weighted by Crippen LogP contribution is 2.34. The zero-order valence-corrected chi connectivity index (χ0v) is 19.6. The van der Waals surface area contributed by atoms with Crippen molar-refractivity contribution in [3.63, 3.8) is 0 Å². The molecule has 2 aromatic heterocycles. The molecule has 3 aromatic rings. The third-order valence-electron chi connectivity index (χ3n) is 5.91. The molecule has 11 heteroatoms. The molecule has 184 valence electrons. The Morgan fingerprint density at radius 3 is 2.86 bits per heavy atom. The first kappa shape index (κ1) is 23.2. The Kier molecular flexibility index (Phi) is 6.60. The number of anilines is 1. The molecular weight excluding hydrogens is 455 g/mol. The summed E-state index contributed by atoms with van der Waals surface area (Å²) in [6.07, 6.45) is 1.41. The van der Waals surface area contributed by atoms with Crippen molar-refractivity contribution < 1.29 is 23.4 Å². The standard InChI is InChI=1S/C24H27FN6O4/c1-15(2)31-14-26-29-23(31)19-4-3-5-22(27-19)28-24(32)17-10-20-21(11-18(17)25)35-16(13-34-20)12-30-6-8-33-9-7-30/h3-5,10-11,14-16H,6-9,12-13H2,1-2H3,(H,27,28,32). The number of carbonyl (C=O) groups excluding carboxylic acids is 1. The van der Waals surface area contributed by atoms with Gasteiger partial charge in [0.2, 0.25) is 0 Å². The Morgan fingerprint density at radius 2 is 2.06 bits per heavy atom. The lowest BCUT2D eigenvalue weighted by molar-refractivity contribution is 0.00300. The number of nitrogens with one attached hydrogen (secondary N) is 1. The van der Waals surface area contributed by atoms with E-state index in [2.05, 4.69) is 25.4 Å². The highest BCUT2D eigenvalue weighted by atomic mass is 19.1. The molecule has 1 N–H and O–H groups in total. The summed E-state index contributed by atoms with van der Waals surface area (Å²) >= 11 is 0. The van der Waals surface area contributed by atoms with Crippen LogP contribution in [0.2, 0.25) is 0 Å². The van der Waals surface area contributed by atoms with Crippen LogP contribution in [0.5, 0.6) is 11.5 Å². The average molecular weight is 483 g/mol. The number of ether oxygens (including phenoxy) is 3. The Balaban J connectivity index is 1.29. The number of hydrogen-bond acceptors (Lipinski definition) is 8. The molecule has 0 bridgehead atoms. The molecule has 35 heavy (non-hydrogen) atoms. The molecule has 0 saturated carbocycles. The zero-order valence-electron chi connectivity index (χ0n) is 19.6. The molecule has 0 aliphatic carbocycles. The van der Waals surface area contributed by atoms with E-state index in [0.29, 0.717) is 43.6 Å². The van der Waals surface area contributed by atoms with E-state index >= 15 is 0 Å². The van der Waals surface area contributed by atoms with Gasteiger partial charge in [0, 0.05) is 31.7 Å². The molecule has 1 amide bonds. The van der Waals surface area contributed by atoms with E-state index in [9.17, 15) is 9.18 Å². The number of fused-ring (bicyclic) bond motifs is 1. The molecule has 1 saturated heterocycles. The van der Waals surface area contributed by atoms with Crippen LogP contribution in [-0.2, 0) is 4.74 Å². The first-order valence-corrected chi connectivity index (χ1v) is 11.6. The van der Waals surface area contributed by atoms with Gasteiger partial charge in [0.15, 0.2) is 17.3 Å². The second-order valence-electron chi connectivity index (χ2n) is 8.76. The van der Waals surface area contributed by atoms with Crippen LogP contribution in [0, 0.1) is 5.82 Å². The van der Waals surface area contributed by atoms with Crippen LogP contribution in [-0.4, -0.2) is 76.1 Å². The summed E-state index contributed by atoms with van der Waals surface area (Å²) in [5.74, 6) is 0.129. The average Bonchev–Trinajstić information content (AvgIpc) is 3.35. The molecule has 0 spiro atoms. The van der Waals surface area contributed by atoms with E-state index in [4.69, 9.17) is 14.2 Å². The van der Waals surface area contributed by atoms with Crippen LogP contribution >= 0.6 is 0 Å². The monoisotopic (exact) mass is 482 g/mol. The minimum absolute atomic E-state index is 0.139. The number of halogens is 1. The van der Waals surface area contributed by atoms with Gasteiger partial charge in [0.1, 0.15) is 36.4 Å². The van der Waals surface area contributed by atoms with Gasteiger partial charge < -0.3 is 24.1 Å². The maximum Gasteiger partial charge on any atom is 0.259 e. The van der Waals surface area contributed by atoms with Gasteiger partial charge in [0.25, 0.3) is 5.91 Å². The van der Waals surface area contributed by atoms with Gasteiger partial charge in [-0.15, -0.1) is 10.2 Å². The van der Waals surface area contributed by atoms with Crippen LogP contribution in [0.25, 0.3) is 11.5 Å². The zero-order chi connectivity index (χ0) is 24.4. The largest absolute Gasteiger partial charge is 0.486 e. The van der Waals surface area contributed by atoms with Crippen molar-refractivity contribution in [1.29, 1.82) is 0 Å². The number of amides is 1. The first-order chi connectivity index (χ1) is 17.0. The minimum atomic E-state index is -0.701. The highest BCUT2D eigenvalue weighted by Gasteiger charge is 2.27. The molecule has 2 aliphatic heterocycles. The summed E-state index contributed by atoms with van der Waals surface area (Å²) < 4.78 is 33.9. The third kappa shape index (κ3) is 5.10. The maximum absolute atomic E-state index is 14.9. The molecule has 10 nitrogen and oxygen atoms in total. The van der Waals surface area contributed by atoms with Crippen LogP contribution < -0.4 is 14.8 Å². The number of benzene rings is 1. The van der Waals surface area contributed by atoms with Crippen molar-refractivity contribution in [2.45, 2.75) is 26.0 Å². The molecule has 4 heterocycles. The van der Waals surface area contributed by atoms with Crippen molar-refractivity contribution in [1.82, 2.24) is 24.6 Å². The SMILES string of the molecule is CC(C)n1cnnc1-c1cccc(NC(=O)c2cc3c(cc2F)OC(CN2CCOCC2)CO3)n1. The molecule has 0 radical (unpaired) electrons. The molecular formula is C24H27FN6O4. The van der Waals surface area contributed by atoms with Gasteiger partial charge in [-0.1, -0.05) is 6.07 Å². The summed E-state index contributed by atoms with van der Waals surface area (Å²) in [7, 11) is 0. The Bertz CT molecular complexity index is 1210.